The first-order valence-electron chi connectivity index (χ1n) is 4.75. The fraction of sp³-hybridized carbons (Fsp3) is 0.400. The van der Waals surface area contributed by atoms with Crippen LogP contribution < -0.4 is 5.32 Å². The molecule has 0 aliphatic carbocycles. The topological polar surface area (TPSA) is 62.2 Å². The molecule has 0 saturated carbocycles. The lowest BCUT2D eigenvalue weighted by atomic mass is 10.3. The van der Waals surface area contributed by atoms with Gasteiger partial charge < -0.3 is 10.4 Å². The van der Waals surface area contributed by atoms with Gasteiger partial charge in [-0.2, -0.15) is 0 Å². The molecular weight excluding hydrogens is 216 g/mol. The van der Waals surface area contributed by atoms with Gasteiger partial charge >= 0.3 is 0 Å². The molecule has 1 heterocycles. The lowest BCUT2D eigenvalue weighted by Gasteiger charge is -2.03. The average molecular weight is 229 g/mol. The standard InChI is InChI=1S/C10H13ClN2O2/c11-9-5-3-4-8(13-9)10(15)12-6-1-2-7-14/h3-5,14H,1-2,6-7H2,(H,12,15). The van der Waals surface area contributed by atoms with E-state index in [9.17, 15) is 4.79 Å². The van der Waals surface area contributed by atoms with Gasteiger partial charge in [0.1, 0.15) is 10.8 Å². The SMILES string of the molecule is O=C(NCCCCO)c1cccc(Cl)n1. The number of unbranched alkanes of at least 4 members (excludes halogenated alkanes) is 1. The Bertz CT molecular complexity index is 331. The number of nitrogens with zero attached hydrogens (tertiary/aromatic N) is 1. The first-order valence-corrected chi connectivity index (χ1v) is 5.13. The van der Waals surface area contributed by atoms with Crippen LogP contribution in [0.4, 0.5) is 0 Å². The van der Waals surface area contributed by atoms with Crippen LogP contribution in [0.25, 0.3) is 0 Å². The van der Waals surface area contributed by atoms with E-state index in [1.165, 1.54) is 0 Å². The maximum Gasteiger partial charge on any atom is 0.269 e. The highest BCUT2D eigenvalue weighted by Gasteiger charge is 2.05. The minimum atomic E-state index is -0.240. The van der Waals surface area contributed by atoms with E-state index >= 15 is 0 Å². The van der Waals surface area contributed by atoms with Gasteiger partial charge in [0.05, 0.1) is 0 Å². The maximum absolute atomic E-state index is 11.5. The van der Waals surface area contributed by atoms with Gasteiger partial charge in [0.15, 0.2) is 0 Å². The number of aromatic nitrogens is 1. The molecule has 82 valence electrons. The Morgan fingerprint density at radius 3 is 2.93 bits per heavy atom. The van der Waals surface area contributed by atoms with E-state index < -0.39 is 0 Å². The molecule has 0 spiro atoms. The van der Waals surface area contributed by atoms with E-state index in [4.69, 9.17) is 16.7 Å². The number of halogens is 1. The van der Waals surface area contributed by atoms with Crippen LogP contribution in [-0.4, -0.2) is 29.1 Å². The summed E-state index contributed by atoms with van der Waals surface area (Å²) in [5, 5.41) is 11.5. The molecule has 0 atom stereocenters. The summed E-state index contributed by atoms with van der Waals surface area (Å²) in [6.45, 7) is 0.679. The number of aliphatic hydroxyl groups is 1. The molecule has 0 aromatic carbocycles. The minimum Gasteiger partial charge on any atom is -0.396 e. The van der Waals surface area contributed by atoms with Crippen LogP contribution in [0, 0.1) is 0 Å². The molecule has 0 radical (unpaired) electrons. The summed E-state index contributed by atoms with van der Waals surface area (Å²) in [7, 11) is 0. The van der Waals surface area contributed by atoms with Crippen molar-refractivity contribution in [1.82, 2.24) is 10.3 Å². The number of hydrogen-bond acceptors (Lipinski definition) is 3. The molecule has 4 nitrogen and oxygen atoms in total. The second-order valence-electron chi connectivity index (χ2n) is 3.03. The monoisotopic (exact) mass is 228 g/mol. The van der Waals surface area contributed by atoms with Gasteiger partial charge in [-0.25, -0.2) is 4.98 Å². The van der Waals surface area contributed by atoms with Crippen molar-refractivity contribution < 1.29 is 9.90 Å². The van der Waals surface area contributed by atoms with E-state index in [0.29, 0.717) is 23.8 Å². The Hall–Kier alpha value is -1.13. The number of pyridine rings is 1. The van der Waals surface area contributed by atoms with Gasteiger partial charge in [-0.05, 0) is 25.0 Å². The van der Waals surface area contributed by atoms with Crippen LogP contribution in [0.2, 0.25) is 5.15 Å². The Morgan fingerprint density at radius 1 is 1.47 bits per heavy atom. The molecule has 0 unspecified atom stereocenters. The van der Waals surface area contributed by atoms with E-state index in [2.05, 4.69) is 10.3 Å². The van der Waals surface area contributed by atoms with Crippen molar-refractivity contribution in [2.45, 2.75) is 12.8 Å². The fourth-order valence-electron chi connectivity index (χ4n) is 1.06. The van der Waals surface area contributed by atoms with Crippen molar-refractivity contribution in [3.05, 3.63) is 29.0 Å². The molecule has 1 aromatic heterocycles. The Morgan fingerprint density at radius 2 is 2.27 bits per heavy atom. The average Bonchev–Trinajstić information content (AvgIpc) is 2.24. The number of rotatable bonds is 5. The van der Waals surface area contributed by atoms with Crippen LogP contribution in [0.3, 0.4) is 0 Å². The summed E-state index contributed by atoms with van der Waals surface area (Å²) in [4.78, 5) is 15.3. The molecule has 1 amide bonds. The van der Waals surface area contributed by atoms with E-state index in [0.717, 1.165) is 6.42 Å². The third kappa shape index (κ3) is 4.27. The minimum absolute atomic E-state index is 0.144. The smallest absolute Gasteiger partial charge is 0.269 e. The Kier molecular flexibility index (Phi) is 5.07. The fourth-order valence-corrected chi connectivity index (χ4v) is 1.23. The second-order valence-corrected chi connectivity index (χ2v) is 3.42. The molecule has 0 fully saturated rings. The quantitative estimate of drug-likeness (QED) is 0.589. The molecule has 2 N–H and O–H groups in total. The molecule has 0 aliphatic heterocycles. The summed E-state index contributed by atoms with van der Waals surface area (Å²) in [6, 6.07) is 4.90. The summed E-state index contributed by atoms with van der Waals surface area (Å²) < 4.78 is 0. The predicted octanol–water partition coefficient (Wildman–Crippen LogP) is 1.24. The molecule has 15 heavy (non-hydrogen) atoms. The number of aliphatic hydroxyl groups excluding tert-OH is 1. The highest BCUT2D eigenvalue weighted by molar-refractivity contribution is 6.29. The molecular formula is C10H13ClN2O2. The summed E-state index contributed by atoms with van der Waals surface area (Å²) in [5.74, 6) is -0.240. The van der Waals surface area contributed by atoms with Gasteiger partial charge in [0.2, 0.25) is 0 Å². The molecule has 0 saturated heterocycles. The van der Waals surface area contributed by atoms with Crippen molar-refractivity contribution in [2.75, 3.05) is 13.2 Å². The van der Waals surface area contributed by atoms with E-state index in [-0.39, 0.29) is 12.5 Å². The second kappa shape index (κ2) is 6.37. The maximum atomic E-state index is 11.5. The lowest BCUT2D eigenvalue weighted by molar-refractivity contribution is 0.0947. The molecule has 5 heteroatoms. The van der Waals surface area contributed by atoms with Crippen LogP contribution in [-0.2, 0) is 0 Å². The van der Waals surface area contributed by atoms with Gasteiger partial charge in [0.25, 0.3) is 5.91 Å². The first kappa shape index (κ1) is 11.9. The Balaban J connectivity index is 2.40. The number of carbonyl (C=O) groups is 1. The normalized spacial score (nSPS) is 10.0. The van der Waals surface area contributed by atoms with Gasteiger partial charge in [-0.1, -0.05) is 17.7 Å². The summed E-state index contributed by atoms with van der Waals surface area (Å²) >= 11 is 5.65. The molecule has 0 aliphatic rings. The lowest BCUT2D eigenvalue weighted by Crippen LogP contribution is -2.25. The van der Waals surface area contributed by atoms with Crippen LogP contribution in [0.5, 0.6) is 0 Å². The summed E-state index contributed by atoms with van der Waals surface area (Å²) in [6.07, 6.45) is 1.44. The van der Waals surface area contributed by atoms with Crippen molar-refractivity contribution in [3.63, 3.8) is 0 Å². The third-order valence-electron chi connectivity index (χ3n) is 1.82. The highest BCUT2D eigenvalue weighted by atomic mass is 35.5. The van der Waals surface area contributed by atoms with Gasteiger partial charge in [-0.3, -0.25) is 4.79 Å². The zero-order valence-electron chi connectivity index (χ0n) is 8.24. The highest BCUT2D eigenvalue weighted by Crippen LogP contribution is 2.04. The van der Waals surface area contributed by atoms with Crippen LogP contribution in [0.1, 0.15) is 23.3 Å². The van der Waals surface area contributed by atoms with Crippen molar-refractivity contribution in [1.29, 1.82) is 0 Å². The third-order valence-corrected chi connectivity index (χ3v) is 2.03. The van der Waals surface area contributed by atoms with Gasteiger partial charge in [0, 0.05) is 13.2 Å². The zero-order chi connectivity index (χ0) is 11.1. The largest absolute Gasteiger partial charge is 0.396 e. The molecule has 1 rings (SSSR count). The van der Waals surface area contributed by atoms with Crippen molar-refractivity contribution in [3.8, 4) is 0 Å². The first-order chi connectivity index (χ1) is 7.24. The van der Waals surface area contributed by atoms with E-state index in [1.807, 2.05) is 0 Å². The Labute approximate surface area is 93.3 Å². The van der Waals surface area contributed by atoms with Crippen molar-refractivity contribution in [2.24, 2.45) is 0 Å². The molecule has 1 aromatic rings. The zero-order valence-corrected chi connectivity index (χ0v) is 9.00. The number of amides is 1. The predicted molar refractivity (Wildman–Crippen MR) is 57.9 cm³/mol. The molecule has 0 bridgehead atoms. The van der Waals surface area contributed by atoms with Crippen molar-refractivity contribution >= 4 is 17.5 Å². The number of hydrogen-bond donors (Lipinski definition) is 2. The van der Waals surface area contributed by atoms with Gasteiger partial charge in [-0.15, -0.1) is 0 Å². The van der Waals surface area contributed by atoms with E-state index in [1.54, 1.807) is 18.2 Å². The summed E-state index contributed by atoms with van der Waals surface area (Å²) in [5.41, 5.74) is 0.312. The van der Waals surface area contributed by atoms with Crippen LogP contribution >= 0.6 is 11.6 Å². The number of carbonyl (C=O) groups excluding carboxylic acids is 1. The van der Waals surface area contributed by atoms with Crippen LogP contribution in [0.15, 0.2) is 18.2 Å². The number of nitrogens with one attached hydrogen (secondary N) is 1.